The first-order valence-electron chi connectivity index (χ1n) is 27.9. The number of methoxy groups -OCH3 is 3. The van der Waals surface area contributed by atoms with Gasteiger partial charge in [0.1, 0.15) is 48.3 Å². The molecule has 2 bridgehead atoms. The first-order valence-corrected chi connectivity index (χ1v) is 27.9. The highest BCUT2D eigenvalue weighted by Crippen LogP contribution is 2.39. The molecule has 0 aromatic heterocycles. The van der Waals surface area contributed by atoms with E-state index in [1.807, 2.05) is 51.2 Å². The molecule has 3 N–H and O–H groups in total. The first kappa shape index (κ1) is 65.8. The van der Waals surface area contributed by atoms with E-state index in [0.29, 0.717) is 63.4 Å². The van der Waals surface area contributed by atoms with Crippen LogP contribution in [-0.2, 0) is 66.7 Å². The van der Waals surface area contributed by atoms with Gasteiger partial charge in [-0.25, -0.2) is 9.59 Å². The topological polar surface area (TPSA) is 248 Å². The monoisotopic (exact) mass is 1100 g/mol. The number of ether oxygens (including phenoxy) is 7. The van der Waals surface area contributed by atoms with Gasteiger partial charge in [-0.3, -0.25) is 24.0 Å². The van der Waals surface area contributed by atoms with Gasteiger partial charge in [-0.1, -0.05) is 77.7 Å². The number of ketones is 3. The predicted molar refractivity (Wildman–Crippen MR) is 290 cm³/mol. The van der Waals surface area contributed by atoms with E-state index in [2.05, 4.69) is 6.58 Å². The molecule has 16 atom stereocenters. The number of fused-ring (bicyclic) bond motifs is 3. The van der Waals surface area contributed by atoms with Crippen molar-refractivity contribution in [3.8, 4) is 0 Å². The van der Waals surface area contributed by atoms with E-state index in [-0.39, 0.29) is 54.8 Å². The van der Waals surface area contributed by atoms with Crippen molar-refractivity contribution in [3.05, 3.63) is 59.8 Å². The van der Waals surface area contributed by atoms with Crippen LogP contribution < -0.4 is 0 Å². The van der Waals surface area contributed by atoms with E-state index in [1.165, 1.54) is 28.1 Å². The lowest BCUT2D eigenvalue weighted by Gasteiger charge is -2.42. The van der Waals surface area contributed by atoms with Crippen molar-refractivity contribution >= 4 is 41.2 Å². The third-order valence-electron chi connectivity index (χ3n) is 16.4. The van der Waals surface area contributed by atoms with Gasteiger partial charge in [0, 0.05) is 64.0 Å². The first-order chi connectivity index (χ1) is 36.7. The van der Waals surface area contributed by atoms with E-state index < -0.39 is 126 Å². The van der Waals surface area contributed by atoms with Crippen LogP contribution in [0.5, 0.6) is 0 Å². The number of carbonyl (C=O) groups excluding carboxylic acids is 7. The molecule has 438 valence electrons. The van der Waals surface area contributed by atoms with Crippen molar-refractivity contribution in [2.45, 2.75) is 194 Å². The standard InChI is InChI=1S/C60H91NO17/c1-35(2)56(68)75-34-59(10,33-62)58(70)77-47-25-23-43(30-50(47)73-12)29-39(6)49-32-46(63)38(5)28-41(8)52(65)53(74-13)51(64)40(7)27-36(3)19-15-14-16-20-37(4)48(72-11)31-44-24-22-42(9)60(71,78-44)54(66)55(67)61-26-18-17-21-45(61)57(69)76-49/h14-16,19-20,28,36,38-40,42-45,47-50,52-53,62,65,71H,1,17-18,21-27,29-34H2,2-13H3/b16-14+,19-15+,37-20+,41-28+/t36?,38?,39-,40+,42+,43-,44-,45?,47+,48-,49-,50+,52+,53?,59?,60+/m0/s1. The lowest BCUT2D eigenvalue weighted by atomic mass is 9.78. The molecule has 18 heteroatoms. The average molecular weight is 1100 g/mol. The lowest BCUT2D eigenvalue weighted by Crippen LogP contribution is -2.61. The molecule has 1 saturated carbocycles. The molecule has 0 aromatic rings. The number of esters is 3. The van der Waals surface area contributed by atoms with Gasteiger partial charge in [0.25, 0.3) is 11.7 Å². The number of rotatable bonds is 12. The number of allylic oxidation sites excluding steroid dienone is 6. The molecule has 5 unspecified atom stereocenters. The smallest absolute Gasteiger partial charge is 0.333 e. The van der Waals surface area contributed by atoms with Crippen LogP contribution in [0.3, 0.4) is 0 Å². The van der Waals surface area contributed by atoms with Gasteiger partial charge in [0.05, 0.1) is 24.9 Å². The summed E-state index contributed by atoms with van der Waals surface area (Å²) in [5.41, 5.74) is -0.224. The Morgan fingerprint density at radius 1 is 0.897 bits per heavy atom. The second kappa shape index (κ2) is 30.2. The zero-order valence-corrected chi connectivity index (χ0v) is 48.4. The highest BCUT2D eigenvalue weighted by Gasteiger charge is 2.53. The van der Waals surface area contributed by atoms with Gasteiger partial charge >= 0.3 is 17.9 Å². The number of aliphatic hydroxyl groups is 3. The van der Waals surface area contributed by atoms with E-state index in [1.54, 1.807) is 40.9 Å². The second-order valence-corrected chi connectivity index (χ2v) is 23.0. The zero-order chi connectivity index (χ0) is 58.2. The Bertz CT molecular complexity index is 2240. The molecular formula is C60H91NO17. The summed E-state index contributed by atoms with van der Waals surface area (Å²) in [6.45, 7) is 17.9. The van der Waals surface area contributed by atoms with Crippen LogP contribution in [0.15, 0.2) is 59.8 Å². The van der Waals surface area contributed by atoms with Crippen LogP contribution >= 0.6 is 0 Å². The van der Waals surface area contributed by atoms with Crippen LogP contribution in [0.4, 0.5) is 0 Å². The molecule has 1 amide bonds. The fourth-order valence-corrected chi connectivity index (χ4v) is 11.0. The highest BCUT2D eigenvalue weighted by molar-refractivity contribution is 6.39. The Balaban J connectivity index is 1.67. The molecule has 3 fully saturated rings. The molecule has 0 aromatic carbocycles. The van der Waals surface area contributed by atoms with Gasteiger partial charge in [-0.15, -0.1) is 0 Å². The van der Waals surface area contributed by atoms with Crippen LogP contribution in [-0.4, -0.2) is 157 Å². The minimum atomic E-state index is -2.48. The summed E-state index contributed by atoms with van der Waals surface area (Å²) in [5.74, 6) is -10.3. The summed E-state index contributed by atoms with van der Waals surface area (Å²) in [5, 5.41) is 33.8. The van der Waals surface area contributed by atoms with Crippen molar-refractivity contribution < 1.29 is 82.0 Å². The van der Waals surface area contributed by atoms with E-state index >= 15 is 0 Å². The number of aliphatic hydroxyl groups excluding tert-OH is 2. The number of hydrogen-bond donors (Lipinski definition) is 3. The van der Waals surface area contributed by atoms with Crippen molar-refractivity contribution in [1.29, 1.82) is 0 Å². The number of cyclic esters (lactones) is 1. The minimum Gasteiger partial charge on any atom is -0.461 e. The number of nitrogens with zero attached hydrogens (tertiary/aromatic N) is 1. The largest absolute Gasteiger partial charge is 0.461 e. The van der Waals surface area contributed by atoms with E-state index in [4.69, 9.17) is 33.2 Å². The zero-order valence-electron chi connectivity index (χ0n) is 48.4. The second-order valence-electron chi connectivity index (χ2n) is 23.0. The summed E-state index contributed by atoms with van der Waals surface area (Å²) in [6.07, 6.45) is 9.33. The predicted octanol–water partition coefficient (Wildman–Crippen LogP) is 6.85. The maximum atomic E-state index is 14.6. The Labute approximate surface area is 462 Å². The van der Waals surface area contributed by atoms with Crippen LogP contribution in [0.1, 0.15) is 139 Å². The number of amides is 1. The summed E-state index contributed by atoms with van der Waals surface area (Å²) in [7, 11) is 4.41. The summed E-state index contributed by atoms with van der Waals surface area (Å²) < 4.78 is 40.9. The molecule has 4 aliphatic rings. The van der Waals surface area contributed by atoms with E-state index in [0.717, 1.165) is 10.5 Å². The number of piperidine rings is 1. The number of Topliss-reactive ketones (excluding diaryl/α,β-unsaturated/α-hetero) is 3. The quantitative estimate of drug-likeness (QED) is 0.0594. The maximum Gasteiger partial charge on any atom is 0.333 e. The SMILES string of the molecule is C=C(C)C(=O)OCC(C)(CO)C(=O)O[C@@H]1CC[C@@H](C[C@H](C)[C@@H]2CC(=O)C(C)/C=C(\C)[C@@H](O)C(OC)C(=O)[C@H](C)CC(C)/C=C/C=C/C=C(\C)[C@@H](OC)C[C@@H]3CC[C@@H](C)[C@@](O)(O3)C(=O)C(=O)N3CCCCC3C(=O)O2)C[C@H]1OC. The van der Waals surface area contributed by atoms with Gasteiger partial charge in [0.2, 0.25) is 5.79 Å². The van der Waals surface area contributed by atoms with Gasteiger partial charge in [-0.2, -0.15) is 0 Å². The molecule has 1 aliphatic carbocycles. The number of hydrogen-bond acceptors (Lipinski definition) is 17. The minimum absolute atomic E-state index is 0.0159. The fraction of sp³-hybridized carbons (Fsp3) is 0.717. The molecule has 18 nitrogen and oxygen atoms in total. The Hall–Kier alpha value is -4.69. The van der Waals surface area contributed by atoms with Crippen LogP contribution in [0.2, 0.25) is 0 Å². The molecule has 4 rings (SSSR count). The molecule has 78 heavy (non-hydrogen) atoms. The van der Waals surface area contributed by atoms with Gasteiger partial charge in [0.15, 0.2) is 5.78 Å². The molecule has 3 heterocycles. The summed E-state index contributed by atoms with van der Waals surface area (Å²) >= 11 is 0. The van der Waals surface area contributed by atoms with E-state index in [9.17, 15) is 48.9 Å². The highest BCUT2D eigenvalue weighted by atomic mass is 16.6. The summed E-state index contributed by atoms with van der Waals surface area (Å²) in [6, 6.07) is -1.22. The maximum absolute atomic E-state index is 14.6. The Morgan fingerprint density at radius 2 is 1.60 bits per heavy atom. The Kier molecular flexibility index (Phi) is 25.5. The van der Waals surface area contributed by atoms with Crippen molar-refractivity contribution in [1.82, 2.24) is 4.90 Å². The molecule has 0 spiro atoms. The van der Waals surface area contributed by atoms with Gasteiger partial charge < -0.3 is 53.4 Å². The Morgan fingerprint density at radius 3 is 2.24 bits per heavy atom. The average Bonchev–Trinajstić information content (AvgIpc) is 3.48. The van der Waals surface area contributed by atoms with Crippen molar-refractivity contribution in [2.24, 2.45) is 40.9 Å². The number of carbonyl (C=O) groups is 7. The summed E-state index contributed by atoms with van der Waals surface area (Å²) in [4.78, 5) is 98.3. The van der Waals surface area contributed by atoms with Crippen molar-refractivity contribution in [3.63, 3.8) is 0 Å². The van der Waals surface area contributed by atoms with Crippen LogP contribution in [0, 0.1) is 40.9 Å². The van der Waals surface area contributed by atoms with Gasteiger partial charge in [-0.05, 0) is 121 Å². The molecule has 3 aliphatic heterocycles. The fourth-order valence-electron chi connectivity index (χ4n) is 11.0. The molecular weight excluding hydrogens is 1010 g/mol. The van der Waals surface area contributed by atoms with Crippen LogP contribution in [0.25, 0.3) is 0 Å². The molecule has 0 radical (unpaired) electrons. The normalized spacial score (nSPS) is 36.3. The lowest BCUT2D eigenvalue weighted by molar-refractivity contribution is -0.265. The third-order valence-corrected chi connectivity index (χ3v) is 16.4. The molecule has 2 saturated heterocycles. The van der Waals surface area contributed by atoms with Crippen molar-refractivity contribution in [2.75, 3.05) is 41.1 Å². The third kappa shape index (κ3) is 17.4.